The molecule has 109 heavy (non-hydrogen) atoms. The molecule has 0 saturated heterocycles. The molecule has 39 heteroatoms. The molecular weight excluding hydrogens is 1460 g/mol. The van der Waals surface area contributed by atoms with E-state index in [4.69, 9.17) is 64.8 Å². The van der Waals surface area contributed by atoms with Crippen molar-refractivity contribution in [3.8, 4) is 11.4 Å². The van der Waals surface area contributed by atoms with Crippen molar-refractivity contribution < 1.29 is 127 Å². The highest BCUT2D eigenvalue weighted by Gasteiger charge is 2.49. The number of pyridine rings is 2. The van der Waals surface area contributed by atoms with E-state index in [1.54, 1.807) is 58.0 Å². The number of amides is 7. The highest BCUT2D eigenvalue weighted by atomic mass is 28.1. The van der Waals surface area contributed by atoms with Crippen molar-refractivity contribution in [3.63, 3.8) is 0 Å². The number of carbonyl (C=O) groups excluding carboxylic acids is 7. The number of fused-ring (bicyclic) bond motifs is 5. The number of esters is 1. The summed E-state index contributed by atoms with van der Waals surface area (Å²) in [5.74, 6) is -4.71. The summed E-state index contributed by atoms with van der Waals surface area (Å²) >= 11 is 0. The monoisotopic (exact) mass is 1560 g/mol. The van der Waals surface area contributed by atoms with Crippen LogP contribution < -0.4 is 48.9 Å². The smallest absolute Gasteiger partial charge is 0.407 e. The number of carbonyl (C=O) groups is 7. The molecule has 603 valence electrons. The Morgan fingerprint density at radius 3 is 1.83 bits per heavy atom. The number of unbranched alkanes of at least 4 members (excludes halogenated alkanes) is 1. The van der Waals surface area contributed by atoms with Gasteiger partial charge < -0.3 is 127 Å². The number of ether oxygens (including phenoxy) is 8. The van der Waals surface area contributed by atoms with Crippen LogP contribution in [0.25, 0.3) is 22.3 Å². The minimum atomic E-state index is -2.20. The highest BCUT2D eigenvalue weighted by Crippen LogP contribution is 2.47. The number of nitrogens with two attached hydrogens (primary N) is 2. The van der Waals surface area contributed by atoms with Crippen molar-refractivity contribution in [2.24, 2.45) is 17.4 Å². The van der Waals surface area contributed by atoms with Crippen molar-refractivity contribution in [3.05, 3.63) is 91.5 Å². The molecule has 0 bridgehead atoms. The number of nitrogens with zero attached hydrogens (tertiary/aromatic N) is 3. The summed E-state index contributed by atoms with van der Waals surface area (Å²) in [5.41, 5.74) is 12.1. The molecule has 0 spiro atoms. The number of hydrogen-bond donors (Lipinski definition) is 18. The summed E-state index contributed by atoms with van der Waals surface area (Å²) in [6, 6.07) is 4.21. The van der Waals surface area contributed by atoms with Gasteiger partial charge >= 0.3 is 18.1 Å². The molecule has 7 unspecified atom stereocenters. The van der Waals surface area contributed by atoms with Crippen molar-refractivity contribution in [1.29, 1.82) is 0 Å². The van der Waals surface area contributed by atoms with Gasteiger partial charge in [0.15, 0.2) is 11.7 Å². The molecule has 3 aliphatic rings. The van der Waals surface area contributed by atoms with Crippen LogP contribution in [0.1, 0.15) is 104 Å². The van der Waals surface area contributed by atoms with Gasteiger partial charge in [-0.15, -0.1) is 0 Å². The maximum absolute atomic E-state index is 15.5. The van der Waals surface area contributed by atoms with E-state index in [0.29, 0.717) is 76.0 Å². The number of rotatable bonds is 47. The van der Waals surface area contributed by atoms with E-state index in [0.717, 1.165) is 0 Å². The lowest BCUT2D eigenvalue weighted by Crippen LogP contribution is -2.56. The second-order valence-corrected chi connectivity index (χ2v) is 28.3. The van der Waals surface area contributed by atoms with E-state index in [1.165, 1.54) is 10.6 Å². The number of halogens is 1. The second kappa shape index (κ2) is 42.5. The van der Waals surface area contributed by atoms with Crippen molar-refractivity contribution in [1.82, 2.24) is 41.4 Å². The molecule has 1 aliphatic carbocycles. The Morgan fingerprint density at radius 2 is 1.28 bits per heavy atom. The number of benzene rings is 2. The molecular formula is C70H101FN11O26Si. The first-order valence-corrected chi connectivity index (χ1v) is 36.3. The van der Waals surface area contributed by atoms with Crippen LogP contribution in [0.5, 0.6) is 0 Å². The Bertz CT molecular complexity index is 3790. The van der Waals surface area contributed by atoms with Gasteiger partial charge in [-0.1, -0.05) is 38.1 Å². The minimum absolute atomic E-state index is 0.0171. The summed E-state index contributed by atoms with van der Waals surface area (Å²) in [4.78, 5) is 111. The number of aromatic nitrogens is 2. The standard InChI is InChI=1S/C70H101FN11O26Si/c1-36(2)60(80-62(90)52(72)8-5-6-16-74-64(92)57(89)35-106-33-46(88)32-105-31-45(87)30-104-29-44(86)28-103-27-43(85)26-102-25-42(84)24-101-23-41(83)20-82(99)100)65(93)78-54(9-7-17-75-68(73)96)63(91)76-40-12-10-39(11-13-40)22-108-69(97)79-53-15-14-47-37(3)51(71)19-55-58(47)59(53)48-21-81-56(61(48)77-55)18-50-49(66(81)94)34-107-67(95)70(50,98)38(4)109/h10-13,18-19,36,38,41-46,52-54,57,60,83-89,98-100H,5-9,14-17,20-35,72H2,1-4H3,(H,74,92)(H,76,91)(H,78,93)(H,79,97)(H,80,90)(H3,73,75,96)/t38-,41?,42?,43?,44?,45?,46?,52+,53+,54+,57?,60+,70+/m1/s1. The van der Waals surface area contributed by atoms with Crippen molar-refractivity contribution >= 4 is 68.6 Å². The molecule has 13 atom stereocenters. The van der Waals surface area contributed by atoms with Crippen LogP contribution in [-0.4, -0.2) is 278 Å². The number of hydroxylamine groups is 2. The van der Waals surface area contributed by atoms with Crippen LogP contribution in [0.3, 0.4) is 0 Å². The summed E-state index contributed by atoms with van der Waals surface area (Å²) in [5, 5.41) is 116. The number of aryl methyl sites for hydroxylation is 1. The molecule has 20 N–H and O–H groups in total. The van der Waals surface area contributed by atoms with Gasteiger partial charge in [0, 0.05) is 51.6 Å². The number of urea groups is 1. The third-order valence-electron chi connectivity index (χ3n) is 18.1. The molecule has 4 aromatic rings. The van der Waals surface area contributed by atoms with E-state index >= 15 is 4.39 Å². The number of hydrogen-bond acceptors (Lipinski definition) is 29. The zero-order valence-corrected chi connectivity index (χ0v) is 62.0. The van der Waals surface area contributed by atoms with Gasteiger partial charge in [0.25, 0.3) is 11.5 Å². The summed E-state index contributed by atoms with van der Waals surface area (Å²) in [6.07, 6.45) is -7.57. The van der Waals surface area contributed by atoms with E-state index in [-0.39, 0.29) is 147 Å². The summed E-state index contributed by atoms with van der Waals surface area (Å²) in [6.45, 7) is 2.42. The van der Waals surface area contributed by atoms with Crippen LogP contribution in [0.2, 0.25) is 5.54 Å². The first-order chi connectivity index (χ1) is 51.8. The molecule has 7 amide bonds. The van der Waals surface area contributed by atoms with Gasteiger partial charge in [-0.05, 0) is 104 Å². The number of cyclic esters (lactones) is 1. The Morgan fingerprint density at radius 1 is 0.716 bits per heavy atom. The zero-order chi connectivity index (χ0) is 79.8. The van der Waals surface area contributed by atoms with Gasteiger partial charge in [0.05, 0.1) is 133 Å². The number of primary amides is 1. The van der Waals surface area contributed by atoms with Crippen LogP contribution in [0.4, 0.5) is 19.7 Å². The quantitative estimate of drug-likeness (QED) is 0.00818. The van der Waals surface area contributed by atoms with Crippen LogP contribution in [0.15, 0.2) is 41.2 Å². The average Bonchev–Trinajstić information content (AvgIpc) is 1.57. The van der Waals surface area contributed by atoms with Crippen LogP contribution in [0, 0.1) is 18.7 Å². The molecule has 7 rings (SSSR count). The summed E-state index contributed by atoms with van der Waals surface area (Å²) < 4.78 is 59.3. The molecule has 0 fully saturated rings. The Kier molecular flexibility index (Phi) is 34.4. The minimum Gasteiger partial charge on any atom is -0.458 e. The molecule has 4 heterocycles. The second-order valence-electron chi connectivity index (χ2n) is 27.4. The van der Waals surface area contributed by atoms with Gasteiger partial charge in [0.2, 0.25) is 17.7 Å². The van der Waals surface area contributed by atoms with Crippen molar-refractivity contribution in [2.45, 2.75) is 170 Å². The average molecular weight is 1560 g/mol. The molecule has 37 nitrogen and oxygen atoms in total. The molecule has 3 radical (unpaired) electrons. The zero-order valence-electron chi connectivity index (χ0n) is 61.0. The predicted octanol–water partition coefficient (Wildman–Crippen LogP) is -2.66. The molecule has 2 aromatic carbocycles. The molecule has 2 aromatic heterocycles. The van der Waals surface area contributed by atoms with Gasteiger partial charge in [-0.3, -0.25) is 34.4 Å². The lowest BCUT2D eigenvalue weighted by atomic mass is 9.81. The Hall–Kier alpha value is -7.88. The number of alkyl carbamates (subject to hydrolysis) is 1. The number of anilines is 1. The first-order valence-electron chi connectivity index (χ1n) is 35.7. The fourth-order valence-electron chi connectivity index (χ4n) is 12.3. The third kappa shape index (κ3) is 25.6. The topological polar surface area (TPSA) is 558 Å². The van der Waals surface area contributed by atoms with Crippen LogP contribution in [-0.2, 0) is 93.6 Å². The number of aliphatic hydroxyl groups excluding tert-OH is 7. The lowest BCUT2D eigenvalue weighted by molar-refractivity contribution is -0.316. The third-order valence-corrected chi connectivity index (χ3v) is 18.5. The van der Waals surface area contributed by atoms with E-state index in [1.807, 2.05) is 0 Å². The van der Waals surface area contributed by atoms with Crippen molar-refractivity contribution in [2.75, 3.05) is 104 Å². The van der Waals surface area contributed by atoms with Gasteiger partial charge in [-0.2, -0.15) is 0 Å². The normalized spacial score (nSPS) is 18.2. The first kappa shape index (κ1) is 88.3. The predicted molar refractivity (Wildman–Crippen MR) is 381 cm³/mol. The summed E-state index contributed by atoms with van der Waals surface area (Å²) in [7, 11) is 3.38. The van der Waals surface area contributed by atoms with Crippen LogP contribution >= 0.6 is 0 Å². The van der Waals surface area contributed by atoms with E-state index in [2.05, 4.69) is 42.1 Å². The molecule has 0 saturated carbocycles. The maximum Gasteiger partial charge on any atom is 0.407 e. The van der Waals surface area contributed by atoms with E-state index < -0.39 is 150 Å². The maximum atomic E-state index is 15.5. The highest BCUT2D eigenvalue weighted by molar-refractivity contribution is 6.15. The number of nitrogens with one attached hydrogen (secondary N) is 6. The fourth-order valence-corrected chi connectivity index (χ4v) is 12.6. The Labute approximate surface area is 629 Å². The largest absolute Gasteiger partial charge is 0.458 e. The SMILES string of the molecule is Cc1c(F)cc2nc3c(c4c2c1CC[C@@H]4NC(=O)OCc1ccc(NC(=O)[C@H](CCCNC(N)=O)NC(=O)[C@@H](NC(=O)[C@@H](N)CCCCNC(=O)C(O)COCC(O)COCC(O)COCC(O)COCC(O)COCC(O)COCC(O)CN(O)O)C(C)C)cc1)Cn1c-3cc2c(c1=O)COC(=O)[C@]2(O)[C@@H](C)[Si]. The van der Waals surface area contributed by atoms with Gasteiger partial charge in [0.1, 0.15) is 61.6 Å². The lowest BCUT2D eigenvalue weighted by Gasteiger charge is -2.35. The number of aliphatic hydroxyl groups is 8. The Balaban J connectivity index is 0.784. The fraction of sp³-hybridized carbons (Fsp3) is 0.614. The molecule has 2 aliphatic heterocycles. The van der Waals surface area contributed by atoms with Gasteiger partial charge in [-0.25, -0.2) is 23.8 Å². The van der Waals surface area contributed by atoms with E-state index in [9.17, 15) is 79.2 Å².